The molecule has 0 saturated heterocycles. The fourth-order valence-corrected chi connectivity index (χ4v) is 0.267. The van der Waals surface area contributed by atoms with Crippen molar-refractivity contribution in [2.75, 3.05) is 0 Å². The third-order valence-electron chi connectivity index (χ3n) is 0.511. The first-order chi connectivity index (χ1) is 3.39. The second-order valence-electron chi connectivity index (χ2n) is 1.00. The lowest BCUT2D eigenvalue weighted by Crippen LogP contribution is -1.93. The highest BCUT2D eigenvalue weighted by Gasteiger charge is 1.73. The van der Waals surface area contributed by atoms with Crippen LogP contribution in [-0.2, 0) is 0 Å². The Kier molecular flexibility index (Phi) is 0.898. The van der Waals surface area contributed by atoms with Gasteiger partial charge >= 0.3 is 5.63 Å². The van der Waals surface area contributed by atoms with E-state index >= 15 is 0 Å². The number of hydrogen-bond acceptors (Lipinski definition) is 3. The Morgan fingerprint density at radius 3 is 2.86 bits per heavy atom. The van der Waals surface area contributed by atoms with Crippen molar-refractivity contribution in [3.05, 3.63) is 29.1 Å². The Balaban J connectivity index is 3.28. The van der Waals surface area contributed by atoms with Gasteiger partial charge in [0.15, 0.2) is 0 Å². The summed E-state index contributed by atoms with van der Waals surface area (Å²) in [5, 5.41) is 0. The van der Waals surface area contributed by atoms with Crippen molar-refractivity contribution in [1.29, 1.82) is 0 Å². The molecule has 0 N–H and O–H groups in total. The van der Waals surface area contributed by atoms with Gasteiger partial charge in [-0.15, -0.1) is 0 Å². The maximum Gasteiger partial charge on any atom is 0.354 e. The fraction of sp³-hybridized carbons (Fsp3) is 0. The average Bonchev–Trinajstić information content (AvgIpc) is 1.69. The molecule has 0 aromatic carbocycles. The quantitative estimate of drug-likeness (QED) is 0.459. The van der Waals surface area contributed by atoms with Crippen LogP contribution in [-0.4, -0.2) is 4.98 Å². The molecule has 7 heavy (non-hydrogen) atoms. The first-order valence-electron chi connectivity index (χ1n) is 1.78. The van der Waals surface area contributed by atoms with E-state index in [1.54, 1.807) is 0 Å². The van der Waals surface area contributed by atoms with Crippen LogP contribution in [0.5, 0.6) is 0 Å². The molecule has 0 aliphatic carbocycles. The zero-order chi connectivity index (χ0) is 5.11. The smallest absolute Gasteiger partial charge is 0.354 e. The van der Waals surface area contributed by atoms with Crippen LogP contribution in [0.4, 0.5) is 0 Å². The second kappa shape index (κ2) is 1.55. The molecule has 36 valence electrons. The number of nitrogens with zero attached hydrogens (tertiary/aromatic N) is 1. The molecule has 0 atom stereocenters. The van der Waals surface area contributed by atoms with E-state index < -0.39 is 5.63 Å². The molecule has 0 saturated carbocycles. The normalized spacial score (nSPS) is 8.57. The largest absolute Gasteiger partial charge is 0.429 e. The van der Waals surface area contributed by atoms with Gasteiger partial charge in [-0.25, -0.2) is 4.79 Å². The van der Waals surface area contributed by atoms with Crippen molar-refractivity contribution in [2.24, 2.45) is 0 Å². The maximum atomic E-state index is 10.0. The molecular weight excluding hydrogens is 94.0 g/mol. The van der Waals surface area contributed by atoms with Crippen LogP contribution in [0.15, 0.2) is 27.9 Å². The van der Waals surface area contributed by atoms with Gasteiger partial charge in [-0.05, 0) is 0 Å². The highest BCUT2D eigenvalue weighted by molar-refractivity contribution is 4.66. The molecule has 1 aromatic heterocycles. The van der Waals surface area contributed by atoms with Gasteiger partial charge < -0.3 is 4.42 Å². The van der Waals surface area contributed by atoms with Gasteiger partial charge in [-0.2, -0.15) is 0 Å². The van der Waals surface area contributed by atoms with Gasteiger partial charge in [0, 0.05) is 0 Å². The highest BCUT2D eigenvalue weighted by Crippen LogP contribution is 1.64. The van der Waals surface area contributed by atoms with Crippen molar-refractivity contribution in [3.8, 4) is 0 Å². The first-order valence-corrected chi connectivity index (χ1v) is 1.78. The Bertz CT molecular complexity index is 175. The van der Waals surface area contributed by atoms with Crippen LogP contribution in [0, 0.1) is 0 Å². The number of aromatic nitrogens is 1. The summed E-state index contributed by atoms with van der Waals surface area (Å²) in [6, 6.07) is 0. The average molecular weight is 97.1 g/mol. The molecule has 0 aliphatic rings. The zero-order valence-electron chi connectivity index (χ0n) is 3.50. The monoisotopic (exact) mass is 97.0 g/mol. The van der Waals surface area contributed by atoms with E-state index in [0.717, 1.165) is 6.20 Å². The SMILES string of the molecule is O=c1cncco1. The third kappa shape index (κ3) is 0.855. The lowest BCUT2D eigenvalue weighted by Gasteiger charge is -1.72. The molecule has 1 rings (SSSR count). The van der Waals surface area contributed by atoms with E-state index in [-0.39, 0.29) is 0 Å². The van der Waals surface area contributed by atoms with Crippen molar-refractivity contribution >= 4 is 0 Å². The summed E-state index contributed by atoms with van der Waals surface area (Å²) in [4.78, 5) is 13.5. The Hall–Kier alpha value is -1.12. The Labute approximate surface area is 39.6 Å². The summed E-state index contributed by atoms with van der Waals surface area (Å²) in [5.74, 6) is 0. The standard InChI is InChI=1S/C4H3NO2/c6-4-3-5-1-2-7-4/h1-3H. The molecule has 0 amide bonds. The second-order valence-corrected chi connectivity index (χ2v) is 1.00. The molecule has 0 radical (unpaired) electrons. The predicted molar refractivity (Wildman–Crippen MR) is 22.8 cm³/mol. The van der Waals surface area contributed by atoms with Crippen molar-refractivity contribution in [2.45, 2.75) is 0 Å². The predicted octanol–water partition coefficient (Wildman–Crippen LogP) is 0.0348. The summed E-state index contributed by atoms with van der Waals surface area (Å²) in [6.45, 7) is 0. The van der Waals surface area contributed by atoms with Gasteiger partial charge in [0.05, 0.1) is 6.20 Å². The Morgan fingerprint density at radius 1 is 1.71 bits per heavy atom. The topological polar surface area (TPSA) is 43.1 Å². The minimum Gasteiger partial charge on any atom is -0.429 e. The molecule has 1 aromatic rings. The molecule has 3 heteroatoms. The number of rotatable bonds is 0. The van der Waals surface area contributed by atoms with Crippen LogP contribution in [0.3, 0.4) is 0 Å². The van der Waals surface area contributed by atoms with Crippen molar-refractivity contribution in [1.82, 2.24) is 4.98 Å². The van der Waals surface area contributed by atoms with Crippen LogP contribution >= 0.6 is 0 Å². The minimum absolute atomic E-state index is 0.414. The Morgan fingerprint density at radius 2 is 2.57 bits per heavy atom. The summed E-state index contributed by atoms with van der Waals surface area (Å²) in [7, 11) is 0. The third-order valence-corrected chi connectivity index (χ3v) is 0.511. The van der Waals surface area contributed by atoms with Crippen LogP contribution < -0.4 is 5.63 Å². The summed E-state index contributed by atoms with van der Waals surface area (Å²) >= 11 is 0. The van der Waals surface area contributed by atoms with E-state index in [4.69, 9.17) is 0 Å². The van der Waals surface area contributed by atoms with Crippen molar-refractivity contribution < 1.29 is 4.42 Å². The molecule has 3 nitrogen and oxygen atoms in total. The lowest BCUT2D eigenvalue weighted by molar-refractivity contribution is 0.502. The molecule has 0 unspecified atom stereocenters. The summed E-state index contributed by atoms with van der Waals surface area (Å²) in [6.07, 6.45) is 3.75. The van der Waals surface area contributed by atoms with Gasteiger partial charge in [0.2, 0.25) is 0 Å². The van der Waals surface area contributed by atoms with Crippen molar-refractivity contribution in [3.63, 3.8) is 0 Å². The molecule has 0 spiro atoms. The van der Waals surface area contributed by atoms with Crippen LogP contribution in [0.25, 0.3) is 0 Å². The van der Waals surface area contributed by atoms with Gasteiger partial charge in [-0.1, -0.05) is 0 Å². The maximum absolute atomic E-state index is 10.0. The molecule has 0 bridgehead atoms. The first kappa shape index (κ1) is 4.05. The highest BCUT2D eigenvalue weighted by atomic mass is 16.4. The lowest BCUT2D eigenvalue weighted by atomic mass is 10.8. The van der Waals surface area contributed by atoms with E-state index in [1.165, 1.54) is 12.5 Å². The molecule has 0 fully saturated rings. The van der Waals surface area contributed by atoms with Gasteiger partial charge in [-0.3, -0.25) is 4.98 Å². The molecule has 0 aliphatic heterocycles. The van der Waals surface area contributed by atoms with Gasteiger partial charge in [0.1, 0.15) is 12.5 Å². The van der Waals surface area contributed by atoms with Gasteiger partial charge in [0.25, 0.3) is 0 Å². The van der Waals surface area contributed by atoms with Crippen LogP contribution in [0.1, 0.15) is 0 Å². The van der Waals surface area contributed by atoms with E-state index in [9.17, 15) is 4.79 Å². The molecule has 1 heterocycles. The minimum atomic E-state index is -0.414. The van der Waals surface area contributed by atoms with E-state index in [1.807, 2.05) is 0 Å². The van der Waals surface area contributed by atoms with E-state index in [2.05, 4.69) is 9.40 Å². The zero-order valence-corrected chi connectivity index (χ0v) is 3.50. The van der Waals surface area contributed by atoms with Crippen LogP contribution in [0.2, 0.25) is 0 Å². The summed E-state index contributed by atoms with van der Waals surface area (Å²) in [5.41, 5.74) is -0.414. The van der Waals surface area contributed by atoms with E-state index in [0.29, 0.717) is 0 Å². The number of hydrogen-bond donors (Lipinski definition) is 0. The molecular formula is C4H3NO2. The fourth-order valence-electron chi connectivity index (χ4n) is 0.267. The summed E-state index contributed by atoms with van der Waals surface area (Å²) < 4.78 is 4.31.